The fraction of sp³-hybridized carbons (Fsp3) is 0.621. The van der Waals surface area contributed by atoms with Crippen molar-refractivity contribution in [1.29, 1.82) is 0 Å². The van der Waals surface area contributed by atoms with Crippen molar-refractivity contribution >= 4 is 5.97 Å². The molecular weight excluding hydrogens is 579 g/mol. The topological polar surface area (TPSA) is 158 Å². The first-order valence-corrected chi connectivity index (χ1v) is 14.2. The molecule has 2 rings (SSSR count). The molecule has 0 aliphatic heterocycles. The molecule has 3 N–H and O–H groups in total. The van der Waals surface area contributed by atoms with Crippen LogP contribution in [0.1, 0.15) is 50.5 Å². The van der Waals surface area contributed by atoms with Gasteiger partial charge in [0, 0.05) is 25.4 Å². The summed E-state index contributed by atoms with van der Waals surface area (Å²) in [5, 5.41) is 40.2. The smallest absolute Gasteiger partial charge is 0.416 e. The number of rotatable bonds is 20. The first-order chi connectivity index (χ1) is 20.5. The Morgan fingerprint density at radius 3 is 2.60 bits per heavy atom. The van der Waals surface area contributed by atoms with Crippen LogP contribution in [0.4, 0.5) is 13.2 Å². The van der Waals surface area contributed by atoms with Crippen molar-refractivity contribution < 1.29 is 57.4 Å². The summed E-state index contributed by atoms with van der Waals surface area (Å²) >= 11 is 0. The molecule has 1 saturated carbocycles. The molecule has 11 nitrogen and oxygen atoms in total. The van der Waals surface area contributed by atoms with Crippen LogP contribution in [0.5, 0.6) is 5.75 Å². The predicted molar refractivity (Wildman–Crippen MR) is 147 cm³/mol. The van der Waals surface area contributed by atoms with Crippen LogP contribution in [0.3, 0.4) is 0 Å². The number of unbranched alkanes of at least 4 members (excludes halogenated alkanes) is 2. The largest absolute Gasteiger partial charge is 0.491 e. The third kappa shape index (κ3) is 14.7. The summed E-state index contributed by atoms with van der Waals surface area (Å²) in [6, 6.07) is 4.34. The Labute approximate surface area is 248 Å². The number of carbonyl (C=O) groups is 1. The van der Waals surface area contributed by atoms with Crippen molar-refractivity contribution in [3.63, 3.8) is 0 Å². The molecule has 1 aliphatic carbocycles. The number of allylic oxidation sites excluding steroid dienone is 2. The molecule has 1 aliphatic rings. The average Bonchev–Trinajstić information content (AvgIpc) is 3.22. The number of alkyl halides is 3. The lowest BCUT2D eigenvalue weighted by Gasteiger charge is -2.19. The van der Waals surface area contributed by atoms with Crippen molar-refractivity contribution in [3.8, 4) is 5.75 Å². The first kappa shape index (κ1) is 36.0. The van der Waals surface area contributed by atoms with Crippen molar-refractivity contribution in [2.45, 2.75) is 69.4 Å². The number of benzene rings is 1. The van der Waals surface area contributed by atoms with E-state index in [4.69, 9.17) is 14.2 Å². The second kappa shape index (κ2) is 19.2. The highest BCUT2D eigenvalue weighted by atomic mass is 19.4. The number of esters is 1. The Balaban J connectivity index is 1.63. The van der Waals surface area contributed by atoms with Crippen LogP contribution in [0.25, 0.3) is 0 Å². The van der Waals surface area contributed by atoms with E-state index in [1.807, 2.05) is 12.2 Å². The maximum absolute atomic E-state index is 12.9. The summed E-state index contributed by atoms with van der Waals surface area (Å²) in [6.07, 6.45) is 2.65. The zero-order valence-electron chi connectivity index (χ0n) is 23.8. The normalized spacial score (nSPS) is 21.3. The zero-order valence-corrected chi connectivity index (χ0v) is 23.8. The lowest BCUT2D eigenvalue weighted by molar-refractivity contribution is -0.757. The Kier molecular flexibility index (Phi) is 16.0. The van der Waals surface area contributed by atoms with E-state index < -0.39 is 41.1 Å². The van der Waals surface area contributed by atoms with E-state index in [1.165, 1.54) is 18.2 Å². The standard InChI is InChI=1S/C29H40F3NO10/c30-29(31,32)21-8-7-9-23(18-21)42-20-22(34)12-13-25-24(26(35)19-27(25)36)10-3-1-2-4-11-28(37)41-17-16-40-14-5-6-15-43-33(38)39/h1,3,7-9,12-13,18,22,24-27,34-36H,2,4-6,10-11,14-17,19-20H2/b3-1-,13-12+/t22-,24-,25-,26+,27-/m1/s1. The number of hydrogen-bond acceptors (Lipinski definition) is 10. The summed E-state index contributed by atoms with van der Waals surface area (Å²) in [5.41, 5.74) is -0.857. The van der Waals surface area contributed by atoms with Gasteiger partial charge in [-0.3, -0.25) is 4.79 Å². The van der Waals surface area contributed by atoms with Crippen molar-refractivity contribution in [2.75, 3.05) is 33.0 Å². The summed E-state index contributed by atoms with van der Waals surface area (Å²) in [5.74, 6) is -1.12. The van der Waals surface area contributed by atoms with Gasteiger partial charge < -0.3 is 34.4 Å². The maximum Gasteiger partial charge on any atom is 0.416 e. The fourth-order valence-electron chi connectivity index (χ4n) is 4.53. The Bertz CT molecular complexity index is 1040. The maximum atomic E-state index is 12.9. The van der Waals surface area contributed by atoms with Crippen LogP contribution in [0, 0.1) is 22.0 Å². The molecule has 0 spiro atoms. The number of hydrogen-bond donors (Lipinski definition) is 3. The van der Waals surface area contributed by atoms with Gasteiger partial charge in [-0.05, 0) is 56.2 Å². The molecule has 1 fully saturated rings. The Hall–Kier alpha value is -3.20. The fourth-order valence-corrected chi connectivity index (χ4v) is 4.53. The molecule has 0 amide bonds. The van der Waals surface area contributed by atoms with E-state index in [0.717, 1.165) is 12.1 Å². The molecular formula is C29H40F3NO10. The quantitative estimate of drug-likeness (QED) is 0.0640. The molecule has 0 saturated heterocycles. The second-order valence-corrected chi connectivity index (χ2v) is 10.1. The zero-order chi connectivity index (χ0) is 31.7. The number of aliphatic hydroxyl groups excluding tert-OH is 3. The summed E-state index contributed by atoms with van der Waals surface area (Å²) in [4.78, 5) is 26.0. The van der Waals surface area contributed by atoms with Gasteiger partial charge in [-0.2, -0.15) is 13.2 Å². The van der Waals surface area contributed by atoms with Crippen molar-refractivity contribution in [3.05, 3.63) is 64.2 Å². The molecule has 43 heavy (non-hydrogen) atoms. The number of aliphatic hydroxyl groups is 3. The summed E-state index contributed by atoms with van der Waals surface area (Å²) < 4.78 is 54.2. The number of carbonyl (C=O) groups excluding carboxylic acids is 1. The van der Waals surface area contributed by atoms with E-state index in [0.29, 0.717) is 38.7 Å². The molecule has 14 heteroatoms. The van der Waals surface area contributed by atoms with Crippen molar-refractivity contribution in [1.82, 2.24) is 0 Å². The van der Waals surface area contributed by atoms with E-state index in [-0.39, 0.29) is 56.9 Å². The van der Waals surface area contributed by atoms with Crippen LogP contribution in [0.2, 0.25) is 0 Å². The average molecular weight is 620 g/mol. The SMILES string of the molecule is O=C(CCC/C=C\C[C@@H]1[C@@H](/C=C/[C@@H](O)COc2cccc(C(F)(F)F)c2)[C@H](O)C[C@@H]1O)OCCOCCCCO[N+](=O)[O-]. The molecule has 1 aromatic carbocycles. The van der Waals surface area contributed by atoms with Gasteiger partial charge in [-0.1, -0.05) is 30.4 Å². The second-order valence-electron chi connectivity index (χ2n) is 10.1. The van der Waals surface area contributed by atoms with Crippen molar-refractivity contribution in [2.24, 2.45) is 11.8 Å². The van der Waals surface area contributed by atoms with E-state index >= 15 is 0 Å². The molecule has 5 atom stereocenters. The van der Waals surface area contributed by atoms with Gasteiger partial charge in [-0.15, -0.1) is 10.1 Å². The van der Waals surface area contributed by atoms with Gasteiger partial charge in [0.05, 0.1) is 31.0 Å². The van der Waals surface area contributed by atoms with Gasteiger partial charge in [0.15, 0.2) is 0 Å². The highest BCUT2D eigenvalue weighted by Gasteiger charge is 2.39. The molecule has 0 bridgehead atoms. The highest BCUT2D eigenvalue weighted by molar-refractivity contribution is 5.69. The van der Waals surface area contributed by atoms with Gasteiger partial charge in [-0.25, -0.2) is 0 Å². The third-order valence-corrected chi connectivity index (χ3v) is 6.75. The first-order valence-electron chi connectivity index (χ1n) is 14.2. The molecule has 0 aromatic heterocycles. The molecule has 0 radical (unpaired) electrons. The number of halogens is 3. The molecule has 1 aromatic rings. The lowest BCUT2D eigenvalue weighted by atomic mass is 9.89. The van der Waals surface area contributed by atoms with Crippen LogP contribution < -0.4 is 4.74 Å². The van der Waals surface area contributed by atoms with E-state index in [2.05, 4.69) is 4.84 Å². The third-order valence-electron chi connectivity index (χ3n) is 6.75. The van der Waals surface area contributed by atoms with Crippen LogP contribution >= 0.6 is 0 Å². The van der Waals surface area contributed by atoms with Crippen LogP contribution in [-0.4, -0.2) is 77.7 Å². The Morgan fingerprint density at radius 2 is 1.86 bits per heavy atom. The van der Waals surface area contributed by atoms with E-state index in [9.17, 15) is 43.4 Å². The number of ether oxygens (including phenoxy) is 3. The number of nitrogens with zero attached hydrogens (tertiary/aromatic N) is 1. The summed E-state index contributed by atoms with van der Waals surface area (Å²) in [7, 11) is 0. The van der Waals surface area contributed by atoms with Crippen LogP contribution in [0.15, 0.2) is 48.6 Å². The van der Waals surface area contributed by atoms with Gasteiger partial charge in [0.25, 0.3) is 5.09 Å². The highest BCUT2D eigenvalue weighted by Crippen LogP contribution is 2.36. The minimum absolute atomic E-state index is 0.0120. The van der Waals surface area contributed by atoms with Crippen LogP contribution in [-0.2, 0) is 25.3 Å². The van der Waals surface area contributed by atoms with Gasteiger partial charge in [0.1, 0.15) is 25.1 Å². The Morgan fingerprint density at radius 1 is 1.09 bits per heavy atom. The minimum atomic E-state index is -4.51. The monoisotopic (exact) mass is 619 g/mol. The molecule has 0 unspecified atom stereocenters. The minimum Gasteiger partial charge on any atom is -0.491 e. The molecule has 242 valence electrons. The van der Waals surface area contributed by atoms with Gasteiger partial charge >= 0.3 is 12.1 Å². The predicted octanol–water partition coefficient (Wildman–Crippen LogP) is 4.02. The summed E-state index contributed by atoms with van der Waals surface area (Å²) in [6.45, 7) is 0.450. The molecule has 0 heterocycles. The van der Waals surface area contributed by atoms with Gasteiger partial charge in [0.2, 0.25) is 0 Å². The van der Waals surface area contributed by atoms with E-state index in [1.54, 1.807) is 6.08 Å². The lowest BCUT2D eigenvalue weighted by Crippen LogP contribution is -2.21.